The second-order valence-electron chi connectivity index (χ2n) is 8.48. The minimum Gasteiger partial charge on any atom is -0.354 e. The standard InChI is InChI=1S/C27H28Cl3N3O4S/c1-3-16-31-27(35)19(2)32(17-20-10-7-8-13-22(20)28)25(34)18-33(24-15-9-14-23(29)26(24)30)38(36,37)21-11-5-4-6-12-21/h4-15,19H,3,16-18H2,1-2H3,(H,31,35)/t19-/m1/s1. The molecule has 0 aliphatic rings. The molecule has 0 heterocycles. The van der Waals surface area contributed by atoms with Gasteiger partial charge in [0.1, 0.15) is 12.6 Å². The molecule has 11 heteroatoms. The minimum atomic E-state index is -4.25. The van der Waals surface area contributed by atoms with Crippen LogP contribution in [0.25, 0.3) is 0 Å². The zero-order valence-corrected chi connectivity index (χ0v) is 24.0. The first-order chi connectivity index (χ1) is 18.1. The van der Waals surface area contributed by atoms with Gasteiger partial charge in [-0.1, -0.05) is 84.2 Å². The van der Waals surface area contributed by atoms with Crippen molar-refractivity contribution in [3.05, 3.63) is 93.4 Å². The molecule has 0 unspecified atom stereocenters. The van der Waals surface area contributed by atoms with Gasteiger partial charge in [-0.05, 0) is 49.2 Å². The predicted octanol–water partition coefficient (Wildman–Crippen LogP) is 5.79. The number of carbonyl (C=O) groups excluding carboxylic acids is 2. The van der Waals surface area contributed by atoms with Crippen LogP contribution >= 0.6 is 34.8 Å². The highest BCUT2D eigenvalue weighted by molar-refractivity contribution is 7.92. The van der Waals surface area contributed by atoms with E-state index < -0.39 is 28.5 Å². The molecule has 3 aromatic carbocycles. The highest BCUT2D eigenvalue weighted by Crippen LogP contribution is 2.35. The molecule has 2 amide bonds. The molecule has 38 heavy (non-hydrogen) atoms. The first-order valence-corrected chi connectivity index (χ1v) is 14.5. The minimum absolute atomic E-state index is 0.0122. The van der Waals surface area contributed by atoms with Crippen molar-refractivity contribution in [3.8, 4) is 0 Å². The summed E-state index contributed by atoms with van der Waals surface area (Å²) < 4.78 is 28.4. The van der Waals surface area contributed by atoms with Crippen LogP contribution < -0.4 is 9.62 Å². The summed E-state index contributed by atoms with van der Waals surface area (Å²) in [7, 11) is -4.25. The van der Waals surface area contributed by atoms with Crippen LogP contribution in [0.15, 0.2) is 77.7 Å². The number of hydrogen-bond acceptors (Lipinski definition) is 4. The monoisotopic (exact) mass is 595 g/mol. The summed E-state index contributed by atoms with van der Waals surface area (Å²) in [5.41, 5.74) is 0.646. The van der Waals surface area contributed by atoms with Crippen LogP contribution in [0.2, 0.25) is 15.1 Å². The average molecular weight is 597 g/mol. The molecule has 0 saturated carbocycles. The first kappa shape index (κ1) is 29.8. The number of halogens is 3. The van der Waals surface area contributed by atoms with Crippen molar-refractivity contribution in [1.29, 1.82) is 0 Å². The van der Waals surface area contributed by atoms with E-state index in [0.717, 1.165) is 4.31 Å². The maximum atomic E-state index is 13.9. The van der Waals surface area contributed by atoms with E-state index in [1.807, 2.05) is 6.92 Å². The van der Waals surface area contributed by atoms with Gasteiger partial charge in [-0.2, -0.15) is 0 Å². The van der Waals surface area contributed by atoms with Crippen LogP contribution in [0.5, 0.6) is 0 Å². The van der Waals surface area contributed by atoms with Crippen molar-refractivity contribution in [2.75, 3.05) is 17.4 Å². The van der Waals surface area contributed by atoms with Crippen LogP contribution in [0.1, 0.15) is 25.8 Å². The zero-order chi connectivity index (χ0) is 27.9. The third-order valence-corrected chi connectivity index (χ3v) is 8.78. The maximum Gasteiger partial charge on any atom is 0.264 e. The number of anilines is 1. The molecule has 0 aromatic heterocycles. The summed E-state index contributed by atoms with van der Waals surface area (Å²) in [4.78, 5) is 28.0. The lowest BCUT2D eigenvalue weighted by molar-refractivity contribution is -0.139. The molecule has 1 atom stereocenters. The molecular formula is C27H28Cl3N3O4S. The molecular weight excluding hydrogens is 569 g/mol. The number of sulfonamides is 1. The van der Waals surface area contributed by atoms with Crippen LogP contribution in [0, 0.1) is 0 Å². The first-order valence-electron chi connectivity index (χ1n) is 11.9. The number of amides is 2. The Hall–Kier alpha value is -2.78. The quantitative estimate of drug-likeness (QED) is 0.304. The summed E-state index contributed by atoms with van der Waals surface area (Å²) in [6.07, 6.45) is 0.716. The molecule has 0 saturated heterocycles. The predicted molar refractivity (Wildman–Crippen MR) is 152 cm³/mol. The molecule has 3 rings (SSSR count). The summed E-state index contributed by atoms with van der Waals surface area (Å²) in [5, 5.41) is 3.31. The molecule has 0 spiro atoms. The molecule has 1 N–H and O–H groups in total. The zero-order valence-electron chi connectivity index (χ0n) is 20.9. The fourth-order valence-corrected chi connectivity index (χ4v) is 5.80. The van der Waals surface area contributed by atoms with E-state index in [1.165, 1.54) is 29.2 Å². The van der Waals surface area contributed by atoms with E-state index in [4.69, 9.17) is 34.8 Å². The van der Waals surface area contributed by atoms with Gasteiger partial charge in [0.25, 0.3) is 10.0 Å². The van der Waals surface area contributed by atoms with Crippen molar-refractivity contribution >= 4 is 62.3 Å². The highest BCUT2D eigenvalue weighted by Gasteiger charge is 2.33. The molecule has 0 aliphatic carbocycles. The highest BCUT2D eigenvalue weighted by atomic mass is 35.5. The van der Waals surface area contributed by atoms with E-state index in [2.05, 4.69) is 5.32 Å². The number of benzene rings is 3. The lowest BCUT2D eigenvalue weighted by atomic mass is 10.1. The van der Waals surface area contributed by atoms with Crippen molar-refractivity contribution in [3.63, 3.8) is 0 Å². The van der Waals surface area contributed by atoms with Gasteiger partial charge in [0.15, 0.2) is 0 Å². The van der Waals surface area contributed by atoms with Crippen molar-refractivity contribution in [1.82, 2.24) is 10.2 Å². The maximum absolute atomic E-state index is 13.9. The number of nitrogens with zero attached hydrogens (tertiary/aromatic N) is 2. The van der Waals surface area contributed by atoms with Gasteiger partial charge in [-0.3, -0.25) is 13.9 Å². The molecule has 0 aliphatic heterocycles. The van der Waals surface area contributed by atoms with E-state index in [-0.39, 0.29) is 33.1 Å². The summed E-state index contributed by atoms with van der Waals surface area (Å²) in [5.74, 6) is -0.995. The number of hydrogen-bond donors (Lipinski definition) is 1. The van der Waals surface area contributed by atoms with E-state index in [1.54, 1.807) is 55.5 Å². The van der Waals surface area contributed by atoms with Gasteiger partial charge in [-0.25, -0.2) is 8.42 Å². The number of rotatable bonds is 11. The topological polar surface area (TPSA) is 86.8 Å². The third-order valence-electron chi connectivity index (χ3n) is 5.83. The Labute approximate surface area is 238 Å². The average Bonchev–Trinajstić information content (AvgIpc) is 2.91. The van der Waals surface area contributed by atoms with Gasteiger partial charge in [0.2, 0.25) is 11.8 Å². The smallest absolute Gasteiger partial charge is 0.264 e. The lowest BCUT2D eigenvalue weighted by Crippen LogP contribution is -2.51. The fourth-order valence-electron chi connectivity index (χ4n) is 3.71. The van der Waals surface area contributed by atoms with Crippen LogP contribution in [0.4, 0.5) is 5.69 Å². The lowest BCUT2D eigenvalue weighted by Gasteiger charge is -2.32. The second-order valence-corrected chi connectivity index (χ2v) is 11.5. The van der Waals surface area contributed by atoms with Gasteiger partial charge in [0.05, 0.1) is 20.6 Å². The van der Waals surface area contributed by atoms with Crippen LogP contribution in [0.3, 0.4) is 0 Å². The fraction of sp³-hybridized carbons (Fsp3) is 0.259. The van der Waals surface area contributed by atoms with Crippen LogP contribution in [-0.4, -0.2) is 44.3 Å². The normalized spacial score (nSPS) is 12.0. The molecule has 0 bridgehead atoms. The third kappa shape index (κ3) is 6.99. The van der Waals surface area contributed by atoms with E-state index in [0.29, 0.717) is 23.6 Å². The Morgan fingerprint density at radius 2 is 1.53 bits per heavy atom. The Morgan fingerprint density at radius 1 is 0.895 bits per heavy atom. The molecule has 0 radical (unpaired) electrons. The SMILES string of the molecule is CCCNC(=O)[C@@H](C)N(Cc1ccccc1Cl)C(=O)CN(c1cccc(Cl)c1Cl)S(=O)(=O)c1ccccc1. The van der Waals surface area contributed by atoms with Gasteiger partial charge in [0, 0.05) is 18.1 Å². The Balaban J connectivity index is 2.06. The summed E-state index contributed by atoms with van der Waals surface area (Å²) in [6, 6.07) is 18.3. The summed E-state index contributed by atoms with van der Waals surface area (Å²) in [6.45, 7) is 3.29. The Kier molecular flexibility index (Phi) is 10.4. The van der Waals surface area contributed by atoms with E-state index >= 15 is 0 Å². The van der Waals surface area contributed by atoms with Gasteiger partial charge >= 0.3 is 0 Å². The van der Waals surface area contributed by atoms with E-state index in [9.17, 15) is 18.0 Å². The van der Waals surface area contributed by atoms with Crippen molar-refractivity contribution in [2.45, 2.75) is 37.8 Å². The second kappa shape index (κ2) is 13.3. The van der Waals surface area contributed by atoms with Crippen molar-refractivity contribution < 1.29 is 18.0 Å². The Morgan fingerprint density at radius 3 is 2.18 bits per heavy atom. The molecule has 0 fully saturated rings. The van der Waals surface area contributed by atoms with Gasteiger partial charge in [-0.15, -0.1) is 0 Å². The van der Waals surface area contributed by atoms with Crippen LogP contribution in [-0.2, 0) is 26.2 Å². The molecule has 202 valence electrons. The molecule has 7 nitrogen and oxygen atoms in total. The number of nitrogens with one attached hydrogen (secondary N) is 1. The van der Waals surface area contributed by atoms with Gasteiger partial charge < -0.3 is 10.2 Å². The largest absolute Gasteiger partial charge is 0.354 e. The number of carbonyl (C=O) groups is 2. The summed E-state index contributed by atoms with van der Waals surface area (Å²) >= 11 is 19.0. The Bertz CT molecular complexity index is 1390. The molecule has 3 aromatic rings. The van der Waals surface area contributed by atoms with Crippen molar-refractivity contribution in [2.24, 2.45) is 0 Å².